The van der Waals surface area contributed by atoms with Crippen LogP contribution < -0.4 is 9.64 Å². The third-order valence-corrected chi connectivity index (χ3v) is 5.33. The van der Waals surface area contributed by atoms with Crippen LogP contribution in [-0.4, -0.2) is 50.8 Å². The Bertz CT molecular complexity index is 756. The molecule has 1 aliphatic rings. The summed E-state index contributed by atoms with van der Waals surface area (Å²) in [5, 5.41) is 0. The van der Waals surface area contributed by atoms with Gasteiger partial charge in [0.2, 0.25) is 0 Å². The molecule has 150 valence electrons. The Labute approximate surface area is 175 Å². The van der Waals surface area contributed by atoms with Crippen LogP contribution >= 0.6 is 15.9 Å². The number of anilines is 1. The van der Waals surface area contributed by atoms with Crippen LogP contribution in [-0.2, 0) is 16.1 Å². The molecule has 1 fully saturated rings. The molecule has 1 saturated heterocycles. The van der Waals surface area contributed by atoms with Crippen molar-refractivity contribution in [1.82, 2.24) is 4.90 Å². The summed E-state index contributed by atoms with van der Waals surface area (Å²) in [5.41, 5.74) is 2.24. The second-order valence-electron chi connectivity index (χ2n) is 7.21. The first-order valence-electron chi connectivity index (χ1n) is 9.55. The third-order valence-electron chi connectivity index (χ3n) is 4.80. The average molecular weight is 447 g/mol. The normalized spacial score (nSPS) is 16.0. The van der Waals surface area contributed by atoms with E-state index in [2.05, 4.69) is 45.1 Å². The number of ether oxygens (including phenoxy) is 2. The zero-order valence-corrected chi connectivity index (χ0v) is 18.0. The topological polar surface area (TPSA) is 42.0 Å². The molecule has 5 nitrogen and oxygen atoms in total. The van der Waals surface area contributed by atoms with Crippen LogP contribution in [0.3, 0.4) is 0 Å². The largest absolute Gasteiger partial charge is 0.484 e. The van der Waals surface area contributed by atoms with Gasteiger partial charge in [-0.05, 0) is 54.8 Å². The lowest BCUT2D eigenvalue weighted by Crippen LogP contribution is -2.39. The van der Waals surface area contributed by atoms with Crippen LogP contribution in [0, 0.1) is 0 Å². The van der Waals surface area contributed by atoms with Crippen LogP contribution in [0.25, 0.3) is 0 Å². The average Bonchev–Trinajstić information content (AvgIpc) is 3.20. The predicted octanol–water partition coefficient (Wildman–Crippen LogP) is 4.10. The maximum Gasteiger partial charge on any atom is 0.260 e. The molecule has 1 heterocycles. The zero-order valence-electron chi connectivity index (χ0n) is 16.4. The number of benzene rings is 2. The van der Waals surface area contributed by atoms with Gasteiger partial charge in [-0.25, -0.2) is 0 Å². The van der Waals surface area contributed by atoms with Crippen LogP contribution in [0.15, 0.2) is 53.0 Å². The van der Waals surface area contributed by atoms with E-state index < -0.39 is 0 Å². The smallest absolute Gasteiger partial charge is 0.260 e. The van der Waals surface area contributed by atoms with Gasteiger partial charge < -0.3 is 19.3 Å². The van der Waals surface area contributed by atoms with Crippen molar-refractivity contribution >= 4 is 27.5 Å². The Kier molecular flexibility index (Phi) is 7.34. The fourth-order valence-electron chi connectivity index (χ4n) is 3.18. The van der Waals surface area contributed by atoms with Gasteiger partial charge in [-0.3, -0.25) is 4.79 Å². The Morgan fingerprint density at radius 2 is 1.86 bits per heavy atom. The van der Waals surface area contributed by atoms with Crippen molar-refractivity contribution in [3.05, 3.63) is 58.6 Å². The number of nitrogens with zero attached hydrogens (tertiary/aromatic N) is 2. The van der Waals surface area contributed by atoms with Crippen molar-refractivity contribution in [3.8, 4) is 5.75 Å². The van der Waals surface area contributed by atoms with Crippen molar-refractivity contribution in [2.75, 3.05) is 38.8 Å². The summed E-state index contributed by atoms with van der Waals surface area (Å²) >= 11 is 3.40. The lowest BCUT2D eigenvalue weighted by Gasteiger charge is -2.26. The SMILES string of the molecule is CN(C)c1ccc(CN(CC2CCCO2)C(=O)COc2ccc(Br)cc2)cc1. The summed E-state index contributed by atoms with van der Waals surface area (Å²) in [6.45, 7) is 1.94. The highest BCUT2D eigenvalue weighted by Crippen LogP contribution is 2.19. The molecular weight excluding hydrogens is 420 g/mol. The van der Waals surface area contributed by atoms with E-state index in [9.17, 15) is 4.79 Å². The summed E-state index contributed by atoms with van der Waals surface area (Å²) in [7, 11) is 4.03. The van der Waals surface area contributed by atoms with Gasteiger partial charge in [-0.15, -0.1) is 0 Å². The summed E-state index contributed by atoms with van der Waals surface area (Å²) in [5.74, 6) is 0.652. The number of hydrogen-bond acceptors (Lipinski definition) is 4. The molecule has 0 radical (unpaired) electrons. The van der Waals surface area contributed by atoms with Gasteiger partial charge in [-0.2, -0.15) is 0 Å². The second kappa shape index (κ2) is 9.94. The fraction of sp³-hybridized carbons (Fsp3) is 0.409. The van der Waals surface area contributed by atoms with Crippen molar-refractivity contribution < 1.29 is 14.3 Å². The van der Waals surface area contributed by atoms with Crippen molar-refractivity contribution in [3.63, 3.8) is 0 Å². The van der Waals surface area contributed by atoms with Gasteiger partial charge in [0.25, 0.3) is 5.91 Å². The zero-order chi connectivity index (χ0) is 19.9. The third kappa shape index (κ3) is 5.97. The summed E-state index contributed by atoms with van der Waals surface area (Å²) < 4.78 is 12.4. The van der Waals surface area contributed by atoms with Gasteiger partial charge in [0.1, 0.15) is 5.75 Å². The van der Waals surface area contributed by atoms with Crippen LogP contribution in [0.1, 0.15) is 18.4 Å². The Balaban J connectivity index is 1.64. The van der Waals surface area contributed by atoms with Gasteiger partial charge in [0.15, 0.2) is 6.61 Å². The quantitative estimate of drug-likeness (QED) is 0.611. The monoisotopic (exact) mass is 446 g/mol. The Morgan fingerprint density at radius 1 is 1.14 bits per heavy atom. The molecule has 0 saturated carbocycles. The fourth-order valence-corrected chi connectivity index (χ4v) is 3.44. The van der Waals surface area contributed by atoms with Gasteiger partial charge in [0, 0.05) is 44.0 Å². The van der Waals surface area contributed by atoms with Gasteiger partial charge >= 0.3 is 0 Å². The van der Waals surface area contributed by atoms with Crippen molar-refractivity contribution in [2.24, 2.45) is 0 Å². The highest BCUT2D eigenvalue weighted by molar-refractivity contribution is 9.10. The standard InChI is InChI=1S/C22H27BrN2O3/c1-24(2)19-9-5-17(6-10-19)14-25(15-21-4-3-13-27-21)22(26)16-28-20-11-7-18(23)8-12-20/h5-12,21H,3-4,13-16H2,1-2H3. The molecule has 1 unspecified atom stereocenters. The molecule has 0 aromatic heterocycles. The first-order chi connectivity index (χ1) is 13.5. The van der Waals surface area contributed by atoms with E-state index in [0.717, 1.165) is 35.2 Å². The van der Waals surface area contributed by atoms with Crippen LogP contribution in [0.5, 0.6) is 5.75 Å². The van der Waals surface area contributed by atoms with E-state index in [1.54, 1.807) is 0 Å². The molecule has 1 aliphatic heterocycles. The van der Waals surface area contributed by atoms with E-state index in [-0.39, 0.29) is 18.6 Å². The van der Waals surface area contributed by atoms with E-state index >= 15 is 0 Å². The highest BCUT2D eigenvalue weighted by Gasteiger charge is 2.23. The number of hydrogen-bond donors (Lipinski definition) is 0. The molecule has 28 heavy (non-hydrogen) atoms. The summed E-state index contributed by atoms with van der Waals surface area (Å²) in [4.78, 5) is 16.8. The molecule has 0 aliphatic carbocycles. The highest BCUT2D eigenvalue weighted by atomic mass is 79.9. The van der Waals surface area contributed by atoms with E-state index in [1.807, 2.05) is 43.3 Å². The molecule has 0 N–H and O–H groups in total. The van der Waals surface area contributed by atoms with E-state index in [4.69, 9.17) is 9.47 Å². The maximum atomic E-state index is 12.9. The summed E-state index contributed by atoms with van der Waals surface area (Å²) in [6.07, 6.45) is 2.16. The minimum absolute atomic E-state index is 0.0180. The maximum absolute atomic E-state index is 12.9. The Hall–Kier alpha value is -2.05. The Morgan fingerprint density at radius 3 is 2.46 bits per heavy atom. The minimum Gasteiger partial charge on any atom is -0.484 e. The lowest BCUT2D eigenvalue weighted by atomic mass is 10.1. The molecule has 0 bridgehead atoms. The number of rotatable bonds is 8. The first kappa shape index (κ1) is 20.7. The van der Waals surface area contributed by atoms with Crippen molar-refractivity contribution in [1.29, 1.82) is 0 Å². The van der Waals surface area contributed by atoms with E-state index in [0.29, 0.717) is 18.8 Å². The molecule has 0 spiro atoms. The number of carbonyl (C=O) groups is 1. The van der Waals surface area contributed by atoms with Crippen LogP contribution in [0.4, 0.5) is 5.69 Å². The molecule has 2 aromatic rings. The predicted molar refractivity (Wildman–Crippen MR) is 115 cm³/mol. The van der Waals surface area contributed by atoms with Crippen LogP contribution in [0.2, 0.25) is 0 Å². The van der Waals surface area contributed by atoms with Gasteiger partial charge in [-0.1, -0.05) is 28.1 Å². The second-order valence-corrected chi connectivity index (χ2v) is 8.13. The number of halogens is 1. The first-order valence-corrected chi connectivity index (χ1v) is 10.3. The lowest BCUT2D eigenvalue weighted by molar-refractivity contribution is -0.135. The number of amides is 1. The molecule has 2 aromatic carbocycles. The molecular formula is C22H27BrN2O3. The molecule has 3 rings (SSSR count). The minimum atomic E-state index is -0.0323. The molecule has 1 atom stereocenters. The number of carbonyl (C=O) groups excluding carboxylic acids is 1. The van der Waals surface area contributed by atoms with E-state index in [1.165, 1.54) is 0 Å². The van der Waals surface area contributed by atoms with Gasteiger partial charge in [0.05, 0.1) is 6.10 Å². The molecule has 1 amide bonds. The summed E-state index contributed by atoms with van der Waals surface area (Å²) in [6, 6.07) is 15.8. The molecule has 6 heteroatoms. The van der Waals surface area contributed by atoms with Crippen molar-refractivity contribution in [2.45, 2.75) is 25.5 Å².